The van der Waals surface area contributed by atoms with Gasteiger partial charge < -0.3 is 5.32 Å². The van der Waals surface area contributed by atoms with E-state index >= 15 is 0 Å². The lowest BCUT2D eigenvalue weighted by Gasteiger charge is -2.10. The summed E-state index contributed by atoms with van der Waals surface area (Å²) >= 11 is 12.3. The quantitative estimate of drug-likeness (QED) is 0.474. The van der Waals surface area contributed by atoms with E-state index in [9.17, 15) is 4.79 Å². The lowest BCUT2D eigenvalue weighted by atomic mass is 10.1. The summed E-state index contributed by atoms with van der Waals surface area (Å²) in [6.45, 7) is 0. The first kappa shape index (κ1) is 17.5. The Labute approximate surface area is 165 Å². The zero-order chi connectivity index (χ0) is 18.8. The van der Waals surface area contributed by atoms with Crippen molar-refractivity contribution in [3.63, 3.8) is 0 Å². The first-order chi connectivity index (χ1) is 13.1. The van der Waals surface area contributed by atoms with Crippen molar-refractivity contribution in [3.05, 3.63) is 88.5 Å². The molecule has 1 aromatic heterocycles. The number of rotatable bonds is 3. The molecule has 4 nitrogen and oxygen atoms in total. The molecule has 6 heteroatoms. The average molecular weight is 394 g/mol. The summed E-state index contributed by atoms with van der Waals surface area (Å²) in [4.78, 5) is 21.5. The van der Waals surface area contributed by atoms with E-state index < -0.39 is 0 Å². The number of halogens is 2. The highest BCUT2D eigenvalue weighted by atomic mass is 35.5. The number of para-hydroxylation sites is 2. The van der Waals surface area contributed by atoms with E-state index in [0.717, 1.165) is 11.0 Å². The van der Waals surface area contributed by atoms with Gasteiger partial charge in [0, 0.05) is 21.8 Å². The fourth-order valence-corrected chi connectivity index (χ4v) is 3.12. The summed E-state index contributed by atoms with van der Waals surface area (Å²) in [5.41, 5.74) is 4.00. The fourth-order valence-electron chi connectivity index (χ4n) is 2.72. The number of hydrogen-bond acceptors (Lipinski definition) is 3. The van der Waals surface area contributed by atoms with Crippen molar-refractivity contribution < 1.29 is 4.79 Å². The summed E-state index contributed by atoms with van der Waals surface area (Å²) in [7, 11) is 0. The standard InChI is InChI=1S/C21H13Cl2N3O/c22-14-5-3-4-13(10-14)21(27)25-15-8-9-17(23)16(11-15)20-12-24-18-6-1-2-7-19(18)26-20/h1-12H,(H,25,27). The van der Waals surface area contributed by atoms with Gasteiger partial charge in [-0.1, -0.05) is 41.4 Å². The molecule has 1 N–H and O–H groups in total. The van der Waals surface area contributed by atoms with E-state index in [2.05, 4.69) is 15.3 Å². The number of anilines is 1. The van der Waals surface area contributed by atoms with Gasteiger partial charge in [-0.2, -0.15) is 0 Å². The van der Waals surface area contributed by atoms with Gasteiger partial charge in [0.15, 0.2) is 0 Å². The van der Waals surface area contributed by atoms with Crippen molar-refractivity contribution in [1.82, 2.24) is 9.97 Å². The van der Waals surface area contributed by atoms with Crippen LogP contribution in [-0.4, -0.2) is 15.9 Å². The molecule has 0 aliphatic carbocycles. The predicted molar refractivity (Wildman–Crippen MR) is 109 cm³/mol. The summed E-state index contributed by atoms with van der Waals surface area (Å²) in [6.07, 6.45) is 1.67. The van der Waals surface area contributed by atoms with Crippen LogP contribution >= 0.6 is 23.2 Å². The third kappa shape index (κ3) is 3.77. The maximum Gasteiger partial charge on any atom is 0.255 e. The van der Waals surface area contributed by atoms with Crippen LogP contribution in [-0.2, 0) is 0 Å². The van der Waals surface area contributed by atoms with Gasteiger partial charge in [-0.15, -0.1) is 0 Å². The van der Waals surface area contributed by atoms with Crippen LogP contribution in [0.5, 0.6) is 0 Å². The molecule has 0 fully saturated rings. The second kappa shape index (κ2) is 7.35. The molecule has 3 aromatic carbocycles. The van der Waals surface area contributed by atoms with Gasteiger partial charge in [0.1, 0.15) is 0 Å². The Bertz CT molecular complexity index is 1160. The highest BCUT2D eigenvalue weighted by Crippen LogP contribution is 2.30. The molecule has 27 heavy (non-hydrogen) atoms. The van der Waals surface area contributed by atoms with Crippen molar-refractivity contribution in [3.8, 4) is 11.3 Å². The molecule has 1 heterocycles. The average Bonchev–Trinajstić information content (AvgIpc) is 2.69. The van der Waals surface area contributed by atoms with E-state index in [1.54, 1.807) is 48.7 Å². The van der Waals surface area contributed by atoms with Gasteiger partial charge in [0.25, 0.3) is 5.91 Å². The zero-order valence-electron chi connectivity index (χ0n) is 14.0. The minimum atomic E-state index is -0.254. The molecule has 0 aliphatic rings. The van der Waals surface area contributed by atoms with Crippen LogP contribution in [0.15, 0.2) is 72.9 Å². The molecule has 0 radical (unpaired) electrons. The molecule has 4 rings (SSSR count). The molecule has 0 atom stereocenters. The van der Waals surface area contributed by atoms with Crippen LogP contribution in [0.3, 0.4) is 0 Å². The van der Waals surface area contributed by atoms with Crippen LogP contribution < -0.4 is 5.32 Å². The molecule has 1 amide bonds. The topological polar surface area (TPSA) is 54.9 Å². The number of fused-ring (bicyclic) bond motifs is 1. The second-order valence-electron chi connectivity index (χ2n) is 5.90. The number of aromatic nitrogens is 2. The number of nitrogens with zero attached hydrogens (tertiary/aromatic N) is 2. The highest BCUT2D eigenvalue weighted by Gasteiger charge is 2.11. The summed E-state index contributed by atoms with van der Waals surface area (Å²) in [5.74, 6) is -0.254. The van der Waals surface area contributed by atoms with E-state index in [1.807, 2.05) is 24.3 Å². The van der Waals surface area contributed by atoms with Crippen molar-refractivity contribution >= 4 is 45.8 Å². The highest BCUT2D eigenvalue weighted by molar-refractivity contribution is 6.33. The summed E-state index contributed by atoms with van der Waals surface area (Å²) in [5, 5.41) is 3.89. The Balaban J connectivity index is 1.67. The molecular formula is C21H13Cl2N3O. The van der Waals surface area contributed by atoms with Gasteiger partial charge in [0.05, 0.1) is 27.9 Å². The lowest BCUT2D eigenvalue weighted by molar-refractivity contribution is 0.102. The van der Waals surface area contributed by atoms with Crippen molar-refractivity contribution in [2.75, 3.05) is 5.32 Å². The molecule has 0 unspecified atom stereocenters. The molecular weight excluding hydrogens is 381 g/mol. The van der Waals surface area contributed by atoms with Crippen LogP contribution in [0, 0.1) is 0 Å². The third-order valence-electron chi connectivity index (χ3n) is 4.04. The van der Waals surface area contributed by atoms with E-state index in [1.165, 1.54) is 0 Å². The summed E-state index contributed by atoms with van der Waals surface area (Å²) in [6, 6.07) is 19.6. The molecule has 0 spiro atoms. The van der Waals surface area contributed by atoms with Crippen molar-refractivity contribution in [2.45, 2.75) is 0 Å². The number of amides is 1. The van der Waals surface area contributed by atoms with Gasteiger partial charge in [-0.25, -0.2) is 4.98 Å². The Morgan fingerprint density at radius 3 is 2.52 bits per heavy atom. The van der Waals surface area contributed by atoms with Crippen LogP contribution in [0.4, 0.5) is 5.69 Å². The van der Waals surface area contributed by atoms with Gasteiger partial charge in [0.2, 0.25) is 0 Å². The number of nitrogens with one attached hydrogen (secondary N) is 1. The van der Waals surface area contributed by atoms with Gasteiger partial charge >= 0.3 is 0 Å². The molecule has 0 bridgehead atoms. The first-order valence-corrected chi connectivity index (χ1v) is 8.94. The number of benzene rings is 3. The minimum absolute atomic E-state index is 0.254. The SMILES string of the molecule is O=C(Nc1ccc(Cl)c(-c2cnc3ccccc3n2)c1)c1cccc(Cl)c1. The summed E-state index contributed by atoms with van der Waals surface area (Å²) < 4.78 is 0. The Hall–Kier alpha value is -2.95. The van der Waals surface area contributed by atoms with Gasteiger partial charge in [-0.3, -0.25) is 9.78 Å². The maximum atomic E-state index is 12.4. The van der Waals surface area contributed by atoms with Gasteiger partial charge in [-0.05, 0) is 48.5 Å². The largest absolute Gasteiger partial charge is 0.322 e. The molecule has 132 valence electrons. The molecule has 0 saturated heterocycles. The monoisotopic (exact) mass is 393 g/mol. The molecule has 4 aromatic rings. The Morgan fingerprint density at radius 1 is 0.889 bits per heavy atom. The number of hydrogen-bond donors (Lipinski definition) is 1. The Kier molecular flexibility index (Phi) is 4.75. The molecule has 0 saturated carbocycles. The molecule has 0 aliphatic heterocycles. The van der Waals surface area contributed by atoms with Crippen molar-refractivity contribution in [2.24, 2.45) is 0 Å². The smallest absolute Gasteiger partial charge is 0.255 e. The van der Waals surface area contributed by atoms with E-state index in [4.69, 9.17) is 23.2 Å². The number of carbonyl (C=O) groups is 1. The van der Waals surface area contributed by atoms with E-state index in [0.29, 0.717) is 32.6 Å². The van der Waals surface area contributed by atoms with Crippen LogP contribution in [0.1, 0.15) is 10.4 Å². The number of carbonyl (C=O) groups excluding carboxylic acids is 1. The third-order valence-corrected chi connectivity index (χ3v) is 4.60. The fraction of sp³-hybridized carbons (Fsp3) is 0. The lowest BCUT2D eigenvalue weighted by Crippen LogP contribution is -2.11. The van der Waals surface area contributed by atoms with Crippen LogP contribution in [0.2, 0.25) is 10.0 Å². The normalized spacial score (nSPS) is 10.7. The first-order valence-electron chi connectivity index (χ1n) is 8.19. The minimum Gasteiger partial charge on any atom is -0.322 e. The van der Waals surface area contributed by atoms with Crippen molar-refractivity contribution in [1.29, 1.82) is 0 Å². The van der Waals surface area contributed by atoms with E-state index in [-0.39, 0.29) is 5.91 Å². The maximum absolute atomic E-state index is 12.4. The second-order valence-corrected chi connectivity index (χ2v) is 6.75. The predicted octanol–water partition coefficient (Wildman–Crippen LogP) is 5.86. The zero-order valence-corrected chi connectivity index (χ0v) is 15.5. The van der Waals surface area contributed by atoms with Crippen LogP contribution in [0.25, 0.3) is 22.3 Å². The Morgan fingerprint density at radius 2 is 1.70 bits per heavy atom.